The first-order valence-electron chi connectivity index (χ1n) is 3.68. The van der Waals surface area contributed by atoms with E-state index in [-0.39, 0.29) is 24.6 Å². The van der Waals surface area contributed by atoms with Crippen LogP contribution in [0.5, 0.6) is 0 Å². The van der Waals surface area contributed by atoms with Gasteiger partial charge in [-0.25, -0.2) is 4.39 Å². The second-order valence-corrected chi connectivity index (χ2v) is 2.55. The van der Waals surface area contributed by atoms with Gasteiger partial charge in [0.1, 0.15) is 5.82 Å². The van der Waals surface area contributed by atoms with Crippen molar-refractivity contribution in [2.45, 2.75) is 6.42 Å². The quantitative estimate of drug-likeness (QED) is 0.726. The van der Waals surface area contributed by atoms with Crippen molar-refractivity contribution in [1.29, 1.82) is 0 Å². The monoisotopic (exact) mass is 167 g/mol. The molecule has 64 valence electrons. The Hall–Kier alpha value is -1.22. The van der Waals surface area contributed by atoms with Crippen molar-refractivity contribution >= 4 is 5.78 Å². The zero-order chi connectivity index (χ0) is 8.97. The Labute approximate surface area is 70.2 Å². The van der Waals surface area contributed by atoms with Crippen LogP contribution in [0.1, 0.15) is 5.56 Å². The van der Waals surface area contributed by atoms with E-state index in [4.69, 9.17) is 5.73 Å². The summed E-state index contributed by atoms with van der Waals surface area (Å²) < 4.78 is 12.4. The van der Waals surface area contributed by atoms with Gasteiger partial charge in [0.25, 0.3) is 0 Å². The topological polar surface area (TPSA) is 43.1 Å². The standard InChI is InChI=1S/C9H10FNO/c10-8-3-1-7(2-4-8)5-9(12)6-11/h1-4H,5-6,11H2. The third-order valence-electron chi connectivity index (χ3n) is 1.54. The van der Waals surface area contributed by atoms with Crippen LogP contribution in [0.3, 0.4) is 0 Å². The number of rotatable bonds is 3. The fourth-order valence-corrected chi connectivity index (χ4v) is 0.902. The molecule has 0 spiro atoms. The molecule has 12 heavy (non-hydrogen) atoms. The molecular formula is C9H10FNO. The summed E-state index contributed by atoms with van der Waals surface area (Å²) in [4.78, 5) is 10.8. The van der Waals surface area contributed by atoms with E-state index in [0.717, 1.165) is 5.56 Å². The number of carbonyl (C=O) groups is 1. The van der Waals surface area contributed by atoms with Gasteiger partial charge in [-0.05, 0) is 17.7 Å². The second-order valence-electron chi connectivity index (χ2n) is 2.55. The zero-order valence-electron chi connectivity index (χ0n) is 6.59. The summed E-state index contributed by atoms with van der Waals surface area (Å²) in [6.07, 6.45) is 0.288. The molecule has 0 amide bonds. The highest BCUT2D eigenvalue weighted by Gasteiger charge is 2.00. The van der Waals surface area contributed by atoms with Crippen LogP contribution in [0.15, 0.2) is 24.3 Å². The van der Waals surface area contributed by atoms with Gasteiger partial charge >= 0.3 is 0 Å². The van der Waals surface area contributed by atoms with Crippen LogP contribution in [-0.4, -0.2) is 12.3 Å². The normalized spacial score (nSPS) is 9.83. The SMILES string of the molecule is NCC(=O)Cc1ccc(F)cc1. The summed E-state index contributed by atoms with van der Waals surface area (Å²) in [5.41, 5.74) is 5.92. The molecule has 0 aliphatic heterocycles. The molecule has 0 saturated carbocycles. The summed E-state index contributed by atoms with van der Waals surface area (Å²) in [5.74, 6) is -0.333. The van der Waals surface area contributed by atoms with E-state index in [1.807, 2.05) is 0 Å². The third-order valence-corrected chi connectivity index (χ3v) is 1.54. The van der Waals surface area contributed by atoms with Crippen LogP contribution < -0.4 is 5.73 Å². The maximum absolute atomic E-state index is 12.4. The first-order chi connectivity index (χ1) is 5.72. The zero-order valence-corrected chi connectivity index (χ0v) is 6.59. The maximum Gasteiger partial charge on any atom is 0.150 e. The van der Waals surface area contributed by atoms with Gasteiger partial charge in [-0.1, -0.05) is 12.1 Å². The molecule has 0 bridgehead atoms. The fourth-order valence-electron chi connectivity index (χ4n) is 0.902. The Balaban J connectivity index is 2.64. The summed E-state index contributed by atoms with van der Waals surface area (Å²) in [6, 6.07) is 5.84. The number of nitrogens with two attached hydrogens (primary N) is 1. The van der Waals surface area contributed by atoms with Gasteiger partial charge in [0.2, 0.25) is 0 Å². The lowest BCUT2D eigenvalue weighted by atomic mass is 10.1. The third kappa shape index (κ3) is 2.43. The van der Waals surface area contributed by atoms with Gasteiger partial charge in [-0.2, -0.15) is 0 Å². The molecular weight excluding hydrogens is 157 g/mol. The Morgan fingerprint density at radius 1 is 1.33 bits per heavy atom. The molecule has 0 fully saturated rings. The molecule has 0 unspecified atom stereocenters. The van der Waals surface area contributed by atoms with E-state index < -0.39 is 0 Å². The lowest BCUT2D eigenvalue weighted by Crippen LogP contribution is -2.15. The van der Waals surface area contributed by atoms with Crippen LogP contribution in [0, 0.1) is 5.82 Å². The van der Waals surface area contributed by atoms with E-state index in [9.17, 15) is 9.18 Å². The van der Waals surface area contributed by atoms with Crippen molar-refractivity contribution in [3.63, 3.8) is 0 Å². The van der Waals surface area contributed by atoms with Crippen molar-refractivity contribution in [2.24, 2.45) is 5.73 Å². The van der Waals surface area contributed by atoms with Gasteiger partial charge in [0.15, 0.2) is 5.78 Å². The van der Waals surface area contributed by atoms with E-state index in [2.05, 4.69) is 0 Å². The minimum Gasteiger partial charge on any atom is -0.324 e. The molecule has 0 aromatic heterocycles. The molecule has 0 atom stereocenters. The number of hydrogen-bond acceptors (Lipinski definition) is 2. The van der Waals surface area contributed by atoms with Crippen LogP contribution in [0.25, 0.3) is 0 Å². The summed E-state index contributed by atoms with van der Waals surface area (Å²) in [5, 5.41) is 0. The van der Waals surface area contributed by atoms with Crippen molar-refractivity contribution in [2.75, 3.05) is 6.54 Å². The molecule has 2 N–H and O–H groups in total. The number of halogens is 1. The highest BCUT2D eigenvalue weighted by atomic mass is 19.1. The number of benzene rings is 1. The fraction of sp³-hybridized carbons (Fsp3) is 0.222. The first-order valence-corrected chi connectivity index (χ1v) is 3.68. The molecule has 1 aromatic carbocycles. The molecule has 0 aliphatic rings. The molecule has 1 rings (SSSR count). The average Bonchev–Trinajstić information content (AvgIpc) is 2.09. The van der Waals surface area contributed by atoms with Crippen LogP contribution in [0.4, 0.5) is 4.39 Å². The average molecular weight is 167 g/mol. The van der Waals surface area contributed by atoms with E-state index in [1.165, 1.54) is 12.1 Å². The van der Waals surface area contributed by atoms with Crippen molar-refractivity contribution < 1.29 is 9.18 Å². The number of carbonyl (C=O) groups excluding carboxylic acids is 1. The number of ketones is 1. The molecule has 0 saturated heterocycles. The molecule has 0 heterocycles. The Bertz CT molecular complexity index is 268. The van der Waals surface area contributed by atoms with Crippen LogP contribution in [0.2, 0.25) is 0 Å². The lowest BCUT2D eigenvalue weighted by Gasteiger charge is -1.97. The second kappa shape index (κ2) is 3.97. The number of hydrogen-bond donors (Lipinski definition) is 1. The lowest BCUT2D eigenvalue weighted by molar-refractivity contribution is -0.117. The minimum absolute atomic E-state index is 0.0391. The molecule has 0 aliphatic carbocycles. The van der Waals surface area contributed by atoms with Crippen LogP contribution >= 0.6 is 0 Å². The smallest absolute Gasteiger partial charge is 0.150 e. The maximum atomic E-state index is 12.4. The van der Waals surface area contributed by atoms with E-state index in [1.54, 1.807) is 12.1 Å². The largest absolute Gasteiger partial charge is 0.324 e. The van der Waals surface area contributed by atoms with E-state index >= 15 is 0 Å². The van der Waals surface area contributed by atoms with Crippen LogP contribution in [-0.2, 0) is 11.2 Å². The summed E-state index contributed by atoms with van der Waals surface area (Å²) in [6.45, 7) is 0.0391. The van der Waals surface area contributed by atoms with Gasteiger partial charge in [-0.3, -0.25) is 4.79 Å². The van der Waals surface area contributed by atoms with Crippen molar-refractivity contribution in [1.82, 2.24) is 0 Å². The van der Waals surface area contributed by atoms with Gasteiger partial charge in [0.05, 0.1) is 6.54 Å². The minimum atomic E-state index is -0.293. The highest BCUT2D eigenvalue weighted by Crippen LogP contribution is 2.03. The van der Waals surface area contributed by atoms with E-state index in [0.29, 0.717) is 0 Å². The predicted molar refractivity (Wildman–Crippen MR) is 44.2 cm³/mol. The highest BCUT2D eigenvalue weighted by molar-refractivity contribution is 5.82. The molecule has 0 radical (unpaired) electrons. The Morgan fingerprint density at radius 2 is 1.92 bits per heavy atom. The first kappa shape index (κ1) is 8.87. The van der Waals surface area contributed by atoms with Gasteiger partial charge in [-0.15, -0.1) is 0 Å². The Kier molecular flexibility index (Phi) is 2.94. The van der Waals surface area contributed by atoms with Gasteiger partial charge < -0.3 is 5.73 Å². The summed E-state index contributed by atoms with van der Waals surface area (Å²) >= 11 is 0. The van der Waals surface area contributed by atoms with Crippen molar-refractivity contribution in [3.8, 4) is 0 Å². The molecule has 2 nitrogen and oxygen atoms in total. The predicted octanol–water partition coefficient (Wildman–Crippen LogP) is 0.896. The molecule has 3 heteroatoms. The Morgan fingerprint density at radius 3 is 2.42 bits per heavy atom. The molecule has 1 aromatic rings. The van der Waals surface area contributed by atoms with Gasteiger partial charge in [0, 0.05) is 6.42 Å². The summed E-state index contributed by atoms with van der Waals surface area (Å²) in [7, 11) is 0. The number of Topliss-reactive ketones (excluding diaryl/α,β-unsaturated/α-hetero) is 1. The van der Waals surface area contributed by atoms with Crippen molar-refractivity contribution in [3.05, 3.63) is 35.6 Å².